The van der Waals surface area contributed by atoms with Crippen molar-refractivity contribution in [1.29, 1.82) is 0 Å². The number of sulfonamides is 1. The van der Waals surface area contributed by atoms with E-state index in [4.69, 9.17) is 4.74 Å². The molecule has 0 unspecified atom stereocenters. The Morgan fingerprint density at radius 2 is 1.67 bits per heavy atom. The van der Waals surface area contributed by atoms with Gasteiger partial charge in [0.05, 0.1) is 12.0 Å². The van der Waals surface area contributed by atoms with Crippen molar-refractivity contribution < 1.29 is 18.1 Å². The van der Waals surface area contributed by atoms with Crippen molar-refractivity contribution in [3.8, 4) is 5.75 Å². The number of methoxy groups -OCH3 is 1. The SMILES string of the molecule is COc1ccc(CN2CCN(S(=O)(=O)c3ccccc3[N+](=O)[O-])CC2)cc1. The fraction of sp³-hybridized carbons (Fsp3) is 0.333. The van der Waals surface area contributed by atoms with Crippen molar-refractivity contribution >= 4 is 15.7 Å². The van der Waals surface area contributed by atoms with Crippen LogP contribution in [-0.2, 0) is 16.6 Å². The number of nitro benzene ring substituents is 1. The highest BCUT2D eigenvalue weighted by molar-refractivity contribution is 7.89. The van der Waals surface area contributed by atoms with Crippen LogP contribution in [0, 0.1) is 10.1 Å². The van der Waals surface area contributed by atoms with Gasteiger partial charge in [-0.2, -0.15) is 4.31 Å². The molecule has 2 aromatic rings. The molecule has 0 saturated carbocycles. The summed E-state index contributed by atoms with van der Waals surface area (Å²) in [7, 11) is -2.28. The molecule has 1 aliphatic heterocycles. The van der Waals surface area contributed by atoms with Crippen molar-refractivity contribution in [2.75, 3.05) is 33.3 Å². The quantitative estimate of drug-likeness (QED) is 0.553. The number of rotatable bonds is 6. The summed E-state index contributed by atoms with van der Waals surface area (Å²) in [4.78, 5) is 12.4. The third kappa shape index (κ3) is 4.26. The molecule has 0 aliphatic carbocycles. The van der Waals surface area contributed by atoms with Gasteiger partial charge in [-0.25, -0.2) is 8.42 Å². The first kappa shape index (κ1) is 19.3. The van der Waals surface area contributed by atoms with Crippen molar-refractivity contribution in [3.63, 3.8) is 0 Å². The Morgan fingerprint density at radius 1 is 1.04 bits per heavy atom. The molecule has 0 atom stereocenters. The highest BCUT2D eigenvalue weighted by Crippen LogP contribution is 2.27. The van der Waals surface area contributed by atoms with E-state index in [1.54, 1.807) is 7.11 Å². The van der Waals surface area contributed by atoms with Crippen LogP contribution < -0.4 is 4.74 Å². The lowest BCUT2D eigenvalue weighted by atomic mass is 10.2. The molecule has 9 heteroatoms. The lowest BCUT2D eigenvalue weighted by Crippen LogP contribution is -2.48. The predicted octanol–water partition coefficient (Wildman–Crippen LogP) is 2.11. The molecule has 3 rings (SSSR count). The summed E-state index contributed by atoms with van der Waals surface area (Å²) in [5.74, 6) is 0.791. The number of hydrogen-bond donors (Lipinski definition) is 0. The standard InChI is InChI=1S/C18H21N3O5S/c1-26-16-8-6-15(7-9-16)14-19-10-12-20(13-11-19)27(24,25)18-5-3-2-4-17(18)21(22)23/h2-9H,10-14H2,1H3. The second-order valence-electron chi connectivity index (χ2n) is 6.25. The molecule has 1 heterocycles. The van der Waals surface area contributed by atoms with Crippen molar-refractivity contribution in [2.45, 2.75) is 11.4 Å². The third-order valence-corrected chi connectivity index (χ3v) is 6.52. The van der Waals surface area contributed by atoms with Gasteiger partial charge < -0.3 is 4.74 Å². The van der Waals surface area contributed by atoms with Gasteiger partial charge in [-0.15, -0.1) is 0 Å². The van der Waals surface area contributed by atoms with Crippen LogP contribution in [0.5, 0.6) is 5.75 Å². The molecule has 2 aromatic carbocycles. The smallest absolute Gasteiger partial charge is 0.289 e. The van der Waals surface area contributed by atoms with Crippen LogP contribution in [0.25, 0.3) is 0 Å². The summed E-state index contributed by atoms with van der Waals surface area (Å²) in [6, 6.07) is 13.2. The summed E-state index contributed by atoms with van der Waals surface area (Å²) < 4.78 is 32.1. The second kappa shape index (κ2) is 8.03. The molecule has 0 amide bonds. The number of nitro groups is 1. The van der Waals surface area contributed by atoms with Crippen LogP contribution in [0.1, 0.15) is 5.56 Å². The molecule has 0 spiro atoms. The van der Waals surface area contributed by atoms with Crippen molar-refractivity contribution in [2.24, 2.45) is 0 Å². The molecule has 1 fully saturated rings. The molecule has 1 saturated heterocycles. The average Bonchev–Trinajstić information content (AvgIpc) is 2.69. The van der Waals surface area contributed by atoms with E-state index >= 15 is 0 Å². The Bertz CT molecular complexity index is 907. The van der Waals surface area contributed by atoms with E-state index in [0.717, 1.165) is 11.3 Å². The van der Waals surface area contributed by atoms with E-state index < -0.39 is 20.6 Å². The van der Waals surface area contributed by atoms with Gasteiger partial charge >= 0.3 is 0 Å². The minimum Gasteiger partial charge on any atom is -0.497 e. The molecule has 27 heavy (non-hydrogen) atoms. The molecule has 144 valence electrons. The van der Waals surface area contributed by atoms with Gasteiger partial charge in [0, 0.05) is 38.8 Å². The maximum absolute atomic E-state index is 12.8. The van der Waals surface area contributed by atoms with Crippen LogP contribution in [0.4, 0.5) is 5.69 Å². The van der Waals surface area contributed by atoms with Crippen LogP contribution in [0.3, 0.4) is 0 Å². The normalized spacial score (nSPS) is 16.2. The van der Waals surface area contributed by atoms with Gasteiger partial charge in [-0.3, -0.25) is 15.0 Å². The molecule has 0 aromatic heterocycles. The Morgan fingerprint density at radius 3 is 2.26 bits per heavy atom. The van der Waals surface area contributed by atoms with Gasteiger partial charge in [0.25, 0.3) is 5.69 Å². The van der Waals surface area contributed by atoms with Crippen molar-refractivity contribution in [1.82, 2.24) is 9.21 Å². The number of benzene rings is 2. The predicted molar refractivity (Wildman–Crippen MR) is 100 cm³/mol. The van der Waals surface area contributed by atoms with Gasteiger partial charge in [0.15, 0.2) is 4.90 Å². The van der Waals surface area contributed by atoms with Gasteiger partial charge in [-0.1, -0.05) is 24.3 Å². The van der Waals surface area contributed by atoms with E-state index in [1.807, 2.05) is 24.3 Å². The number of piperazine rings is 1. The van der Waals surface area contributed by atoms with Crippen LogP contribution in [0.15, 0.2) is 53.4 Å². The fourth-order valence-corrected chi connectivity index (χ4v) is 4.66. The summed E-state index contributed by atoms with van der Waals surface area (Å²) in [5, 5.41) is 11.2. The number of nitrogens with zero attached hydrogens (tertiary/aromatic N) is 3. The number of hydrogen-bond acceptors (Lipinski definition) is 6. The zero-order valence-electron chi connectivity index (χ0n) is 14.9. The zero-order chi connectivity index (χ0) is 19.4. The zero-order valence-corrected chi connectivity index (χ0v) is 15.8. The highest BCUT2D eigenvalue weighted by Gasteiger charge is 2.33. The second-order valence-corrected chi connectivity index (χ2v) is 8.16. The maximum Gasteiger partial charge on any atom is 0.289 e. The molecular formula is C18H21N3O5S. The average molecular weight is 391 g/mol. The number of ether oxygens (including phenoxy) is 1. The minimum atomic E-state index is -3.89. The van der Waals surface area contributed by atoms with E-state index in [2.05, 4.69) is 4.90 Å². The Balaban J connectivity index is 1.67. The first-order valence-corrected chi connectivity index (χ1v) is 9.94. The Hall–Kier alpha value is -2.49. The van der Waals surface area contributed by atoms with Crippen molar-refractivity contribution in [3.05, 3.63) is 64.2 Å². The van der Waals surface area contributed by atoms with E-state index in [9.17, 15) is 18.5 Å². The Kier molecular flexibility index (Phi) is 5.73. The summed E-state index contributed by atoms with van der Waals surface area (Å²) in [6.07, 6.45) is 0. The lowest BCUT2D eigenvalue weighted by molar-refractivity contribution is -0.387. The van der Waals surface area contributed by atoms with E-state index in [0.29, 0.717) is 32.7 Å². The third-order valence-electron chi connectivity index (χ3n) is 4.58. The van der Waals surface area contributed by atoms with Crippen LogP contribution in [-0.4, -0.2) is 55.8 Å². The summed E-state index contributed by atoms with van der Waals surface area (Å²) in [6.45, 7) is 2.43. The lowest BCUT2D eigenvalue weighted by Gasteiger charge is -2.33. The van der Waals surface area contributed by atoms with Gasteiger partial charge in [0.2, 0.25) is 10.0 Å². The Labute approximate surface area is 158 Å². The molecular weight excluding hydrogens is 370 g/mol. The molecule has 0 bridgehead atoms. The van der Waals surface area contributed by atoms with Crippen LogP contribution >= 0.6 is 0 Å². The van der Waals surface area contributed by atoms with E-state index in [-0.39, 0.29) is 4.90 Å². The number of para-hydroxylation sites is 1. The molecule has 0 radical (unpaired) electrons. The first-order valence-electron chi connectivity index (χ1n) is 8.50. The largest absolute Gasteiger partial charge is 0.497 e. The molecule has 8 nitrogen and oxygen atoms in total. The fourth-order valence-electron chi connectivity index (χ4n) is 3.08. The minimum absolute atomic E-state index is 0.251. The van der Waals surface area contributed by atoms with Crippen LogP contribution in [0.2, 0.25) is 0 Å². The van der Waals surface area contributed by atoms with E-state index in [1.165, 1.54) is 28.6 Å². The maximum atomic E-state index is 12.8. The van der Waals surface area contributed by atoms with Gasteiger partial charge in [0.1, 0.15) is 5.75 Å². The molecule has 1 aliphatic rings. The summed E-state index contributed by atoms with van der Waals surface area (Å²) in [5.41, 5.74) is 0.726. The molecule has 0 N–H and O–H groups in total. The van der Waals surface area contributed by atoms with Gasteiger partial charge in [-0.05, 0) is 23.8 Å². The first-order chi connectivity index (χ1) is 12.9. The highest BCUT2D eigenvalue weighted by atomic mass is 32.2. The summed E-state index contributed by atoms with van der Waals surface area (Å²) >= 11 is 0. The topological polar surface area (TPSA) is 93.0 Å². The monoisotopic (exact) mass is 391 g/mol.